The van der Waals surface area contributed by atoms with Gasteiger partial charge in [0.15, 0.2) is 5.96 Å². The average molecular weight is 279 g/mol. The zero-order valence-corrected chi connectivity index (χ0v) is 11.8. The molecule has 1 aromatic carbocycles. The predicted octanol–water partition coefficient (Wildman–Crippen LogP) is 1.92. The van der Waals surface area contributed by atoms with Gasteiger partial charge < -0.3 is 15.3 Å². The number of aliphatic hydroxyl groups excluding tert-OH is 1. The molecule has 0 bridgehead atoms. The number of guanidine groups is 1. The third kappa shape index (κ3) is 3.93. The van der Waals surface area contributed by atoms with Crippen LogP contribution in [0.15, 0.2) is 29.3 Å². The Labute approximate surface area is 119 Å². The third-order valence-electron chi connectivity index (χ3n) is 3.41. The lowest BCUT2D eigenvalue weighted by Gasteiger charge is -2.21. The van der Waals surface area contributed by atoms with E-state index >= 15 is 0 Å². The van der Waals surface area contributed by atoms with E-state index in [1.165, 1.54) is 25.0 Å². The number of nitrogens with zero attached hydrogens (tertiary/aromatic N) is 2. The van der Waals surface area contributed by atoms with Gasteiger partial charge in [-0.1, -0.05) is 12.1 Å². The van der Waals surface area contributed by atoms with Crippen LogP contribution in [0, 0.1) is 5.82 Å². The smallest absolute Gasteiger partial charge is 0.194 e. The van der Waals surface area contributed by atoms with Gasteiger partial charge in [-0.05, 0) is 37.5 Å². The first-order valence-corrected chi connectivity index (χ1v) is 7.17. The molecule has 0 radical (unpaired) electrons. The van der Waals surface area contributed by atoms with Crippen molar-refractivity contribution in [3.05, 3.63) is 35.6 Å². The van der Waals surface area contributed by atoms with Gasteiger partial charge in [-0.2, -0.15) is 0 Å². The molecule has 0 aliphatic carbocycles. The van der Waals surface area contributed by atoms with Gasteiger partial charge in [0.05, 0.1) is 12.6 Å². The fourth-order valence-corrected chi connectivity index (χ4v) is 2.32. The van der Waals surface area contributed by atoms with Crippen molar-refractivity contribution in [3.8, 4) is 0 Å². The van der Waals surface area contributed by atoms with Gasteiger partial charge in [0.25, 0.3) is 0 Å². The number of hydrogen-bond donors (Lipinski definition) is 2. The molecule has 20 heavy (non-hydrogen) atoms. The summed E-state index contributed by atoms with van der Waals surface area (Å²) in [7, 11) is 0. The topological polar surface area (TPSA) is 47.9 Å². The third-order valence-corrected chi connectivity index (χ3v) is 3.41. The fourth-order valence-electron chi connectivity index (χ4n) is 2.32. The summed E-state index contributed by atoms with van der Waals surface area (Å²) in [5.74, 6) is 0.556. The Bertz CT molecular complexity index is 441. The van der Waals surface area contributed by atoms with Crippen LogP contribution in [0.1, 0.15) is 31.4 Å². The minimum absolute atomic E-state index is 0.282. The molecule has 0 saturated carbocycles. The van der Waals surface area contributed by atoms with Gasteiger partial charge in [0.1, 0.15) is 5.82 Å². The highest BCUT2D eigenvalue weighted by Gasteiger charge is 2.16. The SMILES string of the molecule is CCNC(=NCC(O)c1ccc(F)cc1)N1CCCC1. The van der Waals surface area contributed by atoms with E-state index in [9.17, 15) is 9.50 Å². The number of likely N-dealkylation sites (tertiary alicyclic amines) is 1. The van der Waals surface area contributed by atoms with Gasteiger partial charge in [-0.25, -0.2) is 4.39 Å². The molecular formula is C15H22FN3O. The molecule has 1 aliphatic heterocycles. The average Bonchev–Trinajstić information content (AvgIpc) is 2.98. The molecule has 1 heterocycles. The molecule has 0 spiro atoms. The second-order valence-electron chi connectivity index (χ2n) is 4.96. The van der Waals surface area contributed by atoms with Gasteiger partial charge in [0, 0.05) is 19.6 Å². The first kappa shape index (κ1) is 14.8. The molecular weight excluding hydrogens is 257 g/mol. The van der Waals surface area contributed by atoms with E-state index < -0.39 is 6.10 Å². The number of rotatable bonds is 4. The summed E-state index contributed by atoms with van der Waals surface area (Å²) in [5.41, 5.74) is 0.687. The van der Waals surface area contributed by atoms with Crippen LogP contribution in [0.2, 0.25) is 0 Å². The summed E-state index contributed by atoms with van der Waals surface area (Å²) in [6.07, 6.45) is 1.67. The molecule has 1 atom stereocenters. The van der Waals surface area contributed by atoms with Crippen LogP contribution in [0.25, 0.3) is 0 Å². The quantitative estimate of drug-likeness (QED) is 0.654. The van der Waals surface area contributed by atoms with Crippen molar-refractivity contribution < 1.29 is 9.50 Å². The van der Waals surface area contributed by atoms with Crippen molar-refractivity contribution >= 4 is 5.96 Å². The molecule has 1 fully saturated rings. The zero-order chi connectivity index (χ0) is 14.4. The Morgan fingerprint density at radius 3 is 2.60 bits per heavy atom. The molecule has 1 aromatic rings. The molecule has 2 rings (SSSR count). The number of aliphatic imine (C=N–C) groups is 1. The van der Waals surface area contributed by atoms with Crippen LogP contribution < -0.4 is 5.32 Å². The second kappa shape index (κ2) is 7.24. The molecule has 0 aromatic heterocycles. The Kier molecular flexibility index (Phi) is 5.35. The Morgan fingerprint density at radius 2 is 2.00 bits per heavy atom. The predicted molar refractivity (Wildman–Crippen MR) is 78.1 cm³/mol. The molecule has 1 aliphatic rings. The Morgan fingerprint density at radius 1 is 1.35 bits per heavy atom. The number of halogens is 1. The van der Waals surface area contributed by atoms with E-state index in [0.717, 1.165) is 25.6 Å². The van der Waals surface area contributed by atoms with Crippen LogP contribution in [0.5, 0.6) is 0 Å². The van der Waals surface area contributed by atoms with Gasteiger partial charge in [-0.3, -0.25) is 4.99 Å². The molecule has 5 heteroatoms. The number of nitrogens with one attached hydrogen (secondary N) is 1. The van der Waals surface area contributed by atoms with Crippen LogP contribution in [-0.4, -0.2) is 42.1 Å². The maximum Gasteiger partial charge on any atom is 0.194 e. The van der Waals surface area contributed by atoms with Crippen molar-refractivity contribution in [2.75, 3.05) is 26.2 Å². The number of aliphatic hydroxyl groups is 1. The van der Waals surface area contributed by atoms with Crippen molar-refractivity contribution in [2.24, 2.45) is 4.99 Å². The number of benzene rings is 1. The summed E-state index contributed by atoms with van der Waals surface area (Å²) >= 11 is 0. The molecule has 0 amide bonds. The Balaban J connectivity index is 1.98. The zero-order valence-electron chi connectivity index (χ0n) is 11.8. The highest BCUT2D eigenvalue weighted by molar-refractivity contribution is 5.80. The van der Waals surface area contributed by atoms with Crippen LogP contribution in [0.4, 0.5) is 4.39 Å². The molecule has 110 valence electrons. The number of hydrogen-bond acceptors (Lipinski definition) is 2. The molecule has 1 saturated heterocycles. The summed E-state index contributed by atoms with van der Waals surface area (Å²) in [6, 6.07) is 5.90. The van der Waals surface area contributed by atoms with Crippen molar-refractivity contribution in [3.63, 3.8) is 0 Å². The summed E-state index contributed by atoms with van der Waals surface area (Å²) < 4.78 is 12.8. The van der Waals surface area contributed by atoms with Gasteiger partial charge >= 0.3 is 0 Å². The first-order valence-electron chi connectivity index (χ1n) is 7.17. The van der Waals surface area contributed by atoms with Crippen molar-refractivity contribution in [1.29, 1.82) is 0 Å². The second-order valence-corrected chi connectivity index (χ2v) is 4.96. The summed E-state index contributed by atoms with van der Waals surface area (Å²) in [4.78, 5) is 6.69. The van der Waals surface area contributed by atoms with E-state index in [0.29, 0.717) is 5.56 Å². The van der Waals surface area contributed by atoms with Gasteiger partial charge in [-0.15, -0.1) is 0 Å². The highest BCUT2D eigenvalue weighted by atomic mass is 19.1. The minimum Gasteiger partial charge on any atom is -0.386 e. The highest BCUT2D eigenvalue weighted by Crippen LogP contribution is 2.14. The lowest BCUT2D eigenvalue weighted by molar-refractivity contribution is 0.186. The molecule has 4 nitrogen and oxygen atoms in total. The fraction of sp³-hybridized carbons (Fsp3) is 0.533. The minimum atomic E-state index is -0.702. The first-order chi connectivity index (χ1) is 9.70. The lowest BCUT2D eigenvalue weighted by atomic mass is 10.1. The lowest BCUT2D eigenvalue weighted by Crippen LogP contribution is -2.39. The van der Waals surface area contributed by atoms with E-state index in [-0.39, 0.29) is 12.4 Å². The van der Waals surface area contributed by atoms with Crippen LogP contribution in [-0.2, 0) is 0 Å². The summed E-state index contributed by atoms with van der Waals surface area (Å²) in [6.45, 7) is 5.14. The Hall–Kier alpha value is -1.62. The van der Waals surface area contributed by atoms with Crippen LogP contribution >= 0.6 is 0 Å². The standard InChI is InChI=1S/C15H22FN3O/c1-2-17-15(19-9-3-4-10-19)18-11-14(20)12-5-7-13(16)8-6-12/h5-8,14,20H,2-4,9-11H2,1H3,(H,17,18). The molecule has 1 unspecified atom stereocenters. The van der Waals surface area contributed by atoms with Crippen molar-refractivity contribution in [2.45, 2.75) is 25.9 Å². The monoisotopic (exact) mass is 279 g/mol. The summed E-state index contributed by atoms with van der Waals surface area (Å²) in [5, 5.41) is 13.3. The van der Waals surface area contributed by atoms with Gasteiger partial charge in [0.2, 0.25) is 0 Å². The van der Waals surface area contributed by atoms with Crippen LogP contribution in [0.3, 0.4) is 0 Å². The maximum atomic E-state index is 12.8. The maximum absolute atomic E-state index is 12.8. The van der Waals surface area contributed by atoms with E-state index in [2.05, 4.69) is 15.2 Å². The van der Waals surface area contributed by atoms with E-state index in [1.54, 1.807) is 12.1 Å². The molecule has 2 N–H and O–H groups in total. The van der Waals surface area contributed by atoms with E-state index in [1.807, 2.05) is 6.92 Å². The van der Waals surface area contributed by atoms with E-state index in [4.69, 9.17) is 0 Å². The largest absolute Gasteiger partial charge is 0.386 e. The van der Waals surface area contributed by atoms with Crippen molar-refractivity contribution in [1.82, 2.24) is 10.2 Å². The normalized spacial score (nSPS) is 17.4.